The van der Waals surface area contributed by atoms with E-state index < -0.39 is 0 Å². The maximum atomic E-state index is 10.9. The van der Waals surface area contributed by atoms with E-state index in [0.29, 0.717) is 18.7 Å². The molecule has 1 saturated carbocycles. The molecule has 6 heteroatoms. The number of rotatable bonds is 6. The van der Waals surface area contributed by atoms with Crippen LogP contribution in [0, 0.1) is 15.5 Å². The van der Waals surface area contributed by atoms with Gasteiger partial charge in [-0.1, -0.05) is 15.9 Å². The zero-order valence-electron chi connectivity index (χ0n) is 9.86. The molecular weight excluding hydrogens is 300 g/mol. The molecule has 1 aromatic carbocycles. The first-order valence-electron chi connectivity index (χ1n) is 5.81. The minimum atomic E-state index is -0.373. The summed E-state index contributed by atoms with van der Waals surface area (Å²) in [5, 5.41) is 23.3. The molecule has 0 heterocycles. The topological polar surface area (TPSA) is 75.4 Å². The fraction of sp³-hybridized carbons (Fsp3) is 0.500. The van der Waals surface area contributed by atoms with Crippen LogP contribution in [0.2, 0.25) is 0 Å². The SMILES string of the molecule is O=[N+]([O-])c1ccc(Br)cc1CNCC1(CO)CC1. The normalized spacial score (nSPS) is 16.6. The summed E-state index contributed by atoms with van der Waals surface area (Å²) in [4.78, 5) is 10.5. The van der Waals surface area contributed by atoms with Crippen molar-refractivity contribution in [1.82, 2.24) is 5.32 Å². The standard InChI is InChI=1S/C12H15BrN2O3/c13-10-1-2-11(15(17)18)9(5-10)6-14-7-12(8-16)3-4-12/h1-2,5,14,16H,3-4,6-8H2. The first-order valence-corrected chi connectivity index (χ1v) is 6.60. The number of nitro groups is 1. The van der Waals surface area contributed by atoms with E-state index in [1.54, 1.807) is 12.1 Å². The molecule has 18 heavy (non-hydrogen) atoms. The molecule has 0 radical (unpaired) electrons. The molecular formula is C12H15BrN2O3. The van der Waals surface area contributed by atoms with Gasteiger partial charge in [-0.3, -0.25) is 10.1 Å². The monoisotopic (exact) mass is 314 g/mol. The molecule has 1 aliphatic rings. The zero-order valence-corrected chi connectivity index (χ0v) is 11.4. The van der Waals surface area contributed by atoms with Gasteiger partial charge in [0, 0.05) is 41.2 Å². The van der Waals surface area contributed by atoms with Crippen LogP contribution < -0.4 is 5.32 Å². The van der Waals surface area contributed by atoms with Crippen molar-refractivity contribution < 1.29 is 10.0 Å². The van der Waals surface area contributed by atoms with Gasteiger partial charge in [-0.25, -0.2) is 0 Å². The third-order valence-corrected chi connectivity index (χ3v) is 3.84. The average Bonchev–Trinajstić information content (AvgIpc) is 3.09. The summed E-state index contributed by atoms with van der Waals surface area (Å²) < 4.78 is 0.827. The van der Waals surface area contributed by atoms with Crippen molar-refractivity contribution in [3.05, 3.63) is 38.3 Å². The van der Waals surface area contributed by atoms with Crippen LogP contribution in [-0.2, 0) is 6.54 Å². The number of halogens is 1. The highest BCUT2D eigenvalue weighted by Crippen LogP contribution is 2.44. The molecule has 0 aliphatic heterocycles. The molecule has 0 unspecified atom stereocenters. The Balaban J connectivity index is 1.99. The van der Waals surface area contributed by atoms with E-state index in [-0.39, 0.29) is 22.6 Å². The largest absolute Gasteiger partial charge is 0.396 e. The summed E-state index contributed by atoms with van der Waals surface area (Å²) >= 11 is 3.31. The predicted octanol–water partition coefficient (Wildman–Crippen LogP) is 2.22. The summed E-state index contributed by atoms with van der Waals surface area (Å²) in [5.74, 6) is 0. The molecule has 0 saturated heterocycles. The lowest BCUT2D eigenvalue weighted by molar-refractivity contribution is -0.385. The van der Waals surface area contributed by atoms with E-state index in [4.69, 9.17) is 0 Å². The third kappa shape index (κ3) is 3.07. The van der Waals surface area contributed by atoms with E-state index in [1.165, 1.54) is 6.07 Å². The highest BCUT2D eigenvalue weighted by atomic mass is 79.9. The van der Waals surface area contributed by atoms with Crippen LogP contribution in [0.3, 0.4) is 0 Å². The van der Waals surface area contributed by atoms with Crippen LogP contribution in [0.1, 0.15) is 18.4 Å². The summed E-state index contributed by atoms with van der Waals surface area (Å²) in [7, 11) is 0. The Morgan fingerprint density at radius 2 is 2.22 bits per heavy atom. The Kier molecular flexibility index (Phi) is 3.99. The molecule has 0 bridgehead atoms. The Morgan fingerprint density at radius 3 is 2.78 bits per heavy atom. The summed E-state index contributed by atoms with van der Waals surface area (Å²) in [6.45, 7) is 1.32. The number of benzene rings is 1. The molecule has 1 aromatic rings. The maximum Gasteiger partial charge on any atom is 0.273 e. The highest BCUT2D eigenvalue weighted by Gasteiger charge is 2.41. The lowest BCUT2D eigenvalue weighted by Gasteiger charge is -2.12. The van der Waals surface area contributed by atoms with Crippen molar-refractivity contribution in [2.24, 2.45) is 5.41 Å². The number of hydrogen-bond acceptors (Lipinski definition) is 4. The number of aliphatic hydroxyl groups excluding tert-OH is 1. The van der Waals surface area contributed by atoms with Crippen LogP contribution in [0.15, 0.2) is 22.7 Å². The van der Waals surface area contributed by atoms with Gasteiger partial charge in [-0.15, -0.1) is 0 Å². The van der Waals surface area contributed by atoms with Gasteiger partial charge in [0.1, 0.15) is 0 Å². The number of nitrogens with one attached hydrogen (secondary N) is 1. The van der Waals surface area contributed by atoms with Gasteiger partial charge >= 0.3 is 0 Å². The van der Waals surface area contributed by atoms with Gasteiger partial charge in [0.2, 0.25) is 0 Å². The van der Waals surface area contributed by atoms with E-state index in [1.807, 2.05) is 0 Å². The quantitative estimate of drug-likeness (QED) is 0.623. The molecule has 1 aliphatic carbocycles. The molecule has 0 spiro atoms. The first kappa shape index (κ1) is 13.5. The maximum absolute atomic E-state index is 10.9. The van der Waals surface area contributed by atoms with Gasteiger partial charge < -0.3 is 10.4 Å². The van der Waals surface area contributed by atoms with E-state index in [9.17, 15) is 15.2 Å². The van der Waals surface area contributed by atoms with Crippen LogP contribution in [-0.4, -0.2) is 23.2 Å². The Hall–Kier alpha value is -0.980. The summed E-state index contributed by atoms with van der Waals surface area (Å²) in [6.07, 6.45) is 2.05. The second-order valence-corrected chi connectivity index (χ2v) is 5.71. The minimum Gasteiger partial charge on any atom is -0.396 e. The van der Waals surface area contributed by atoms with Crippen molar-refractivity contribution in [1.29, 1.82) is 0 Å². The average molecular weight is 315 g/mol. The van der Waals surface area contributed by atoms with Gasteiger partial charge in [0.05, 0.1) is 4.92 Å². The zero-order chi connectivity index (χ0) is 13.2. The number of nitro benzene ring substituents is 1. The van der Waals surface area contributed by atoms with Gasteiger partial charge in [0.25, 0.3) is 5.69 Å². The van der Waals surface area contributed by atoms with Crippen molar-refractivity contribution >= 4 is 21.6 Å². The summed E-state index contributed by atoms with van der Waals surface area (Å²) in [6, 6.07) is 4.92. The van der Waals surface area contributed by atoms with Crippen LogP contribution >= 0.6 is 15.9 Å². The van der Waals surface area contributed by atoms with Crippen LogP contribution in [0.25, 0.3) is 0 Å². The van der Waals surface area contributed by atoms with Crippen molar-refractivity contribution in [3.8, 4) is 0 Å². The predicted molar refractivity (Wildman–Crippen MR) is 71.3 cm³/mol. The molecule has 2 rings (SSSR count). The fourth-order valence-electron chi connectivity index (χ4n) is 1.90. The lowest BCUT2D eigenvalue weighted by Crippen LogP contribution is -2.26. The third-order valence-electron chi connectivity index (χ3n) is 3.35. The summed E-state index contributed by atoms with van der Waals surface area (Å²) in [5.41, 5.74) is 0.795. The second-order valence-electron chi connectivity index (χ2n) is 4.79. The minimum absolute atomic E-state index is 0.0147. The molecule has 5 nitrogen and oxygen atoms in total. The Bertz CT molecular complexity index is 461. The molecule has 98 valence electrons. The molecule has 0 atom stereocenters. The molecule has 0 amide bonds. The van der Waals surface area contributed by atoms with E-state index in [0.717, 1.165) is 17.3 Å². The van der Waals surface area contributed by atoms with Gasteiger partial charge in [0.15, 0.2) is 0 Å². The van der Waals surface area contributed by atoms with Crippen LogP contribution in [0.4, 0.5) is 5.69 Å². The van der Waals surface area contributed by atoms with Crippen LogP contribution in [0.5, 0.6) is 0 Å². The smallest absolute Gasteiger partial charge is 0.273 e. The van der Waals surface area contributed by atoms with Crippen molar-refractivity contribution in [2.75, 3.05) is 13.2 Å². The number of aliphatic hydroxyl groups is 1. The lowest BCUT2D eigenvalue weighted by atomic mass is 10.1. The van der Waals surface area contributed by atoms with E-state index in [2.05, 4.69) is 21.2 Å². The number of nitrogens with zero attached hydrogens (tertiary/aromatic N) is 1. The van der Waals surface area contributed by atoms with E-state index >= 15 is 0 Å². The van der Waals surface area contributed by atoms with Gasteiger partial charge in [-0.2, -0.15) is 0 Å². The second kappa shape index (κ2) is 5.34. The Morgan fingerprint density at radius 1 is 1.50 bits per heavy atom. The molecule has 1 fully saturated rings. The van der Waals surface area contributed by atoms with Crippen molar-refractivity contribution in [2.45, 2.75) is 19.4 Å². The highest BCUT2D eigenvalue weighted by molar-refractivity contribution is 9.10. The Labute approximate surface area is 113 Å². The molecule has 0 aromatic heterocycles. The van der Waals surface area contributed by atoms with Gasteiger partial charge in [-0.05, 0) is 25.0 Å². The molecule has 2 N–H and O–H groups in total. The first-order chi connectivity index (χ1) is 8.56. The fourth-order valence-corrected chi connectivity index (χ4v) is 2.31. The van der Waals surface area contributed by atoms with Crippen molar-refractivity contribution in [3.63, 3.8) is 0 Å². The number of hydrogen-bond donors (Lipinski definition) is 2.